The monoisotopic (exact) mass is 498 g/mol. The SMILES string of the molecule is CN=C(NCc1ccsc1)NCc1ccc(Oc2cccnc2)c(F)c1.I. The molecule has 2 N–H and O–H groups in total. The van der Waals surface area contributed by atoms with E-state index in [1.807, 2.05) is 11.4 Å². The maximum atomic E-state index is 14.3. The molecule has 2 heterocycles. The van der Waals surface area contributed by atoms with E-state index >= 15 is 0 Å². The molecule has 0 saturated carbocycles. The van der Waals surface area contributed by atoms with Gasteiger partial charge in [0.15, 0.2) is 17.5 Å². The summed E-state index contributed by atoms with van der Waals surface area (Å²) in [5.41, 5.74) is 1.99. The second kappa shape index (κ2) is 10.8. The first-order valence-corrected chi connectivity index (χ1v) is 9.01. The van der Waals surface area contributed by atoms with Crippen LogP contribution in [0, 0.1) is 5.82 Å². The van der Waals surface area contributed by atoms with Gasteiger partial charge in [-0.15, -0.1) is 24.0 Å². The third kappa shape index (κ3) is 6.47. The lowest BCUT2D eigenvalue weighted by Gasteiger charge is -2.12. The van der Waals surface area contributed by atoms with Crippen molar-refractivity contribution >= 4 is 41.3 Å². The van der Waals surface area contributed by atoms with Gasteiger partial charge >= 0.3 is 0 Å². The van der Waals surface area contributed by atoms with Crippen molar-refractivity contribution in [3.63, 3.8) is 0 Å². The molecule has 0 aliphatic rings. The van der Waals surface area contributed by atoms with E-state index in [0.29, 0.717) is 24.8 Å². The number of hydrogen-bond acceptors (Lipinski definition) is 4. The largest absolute Gasteiger partial charge is 0.453 e. The van der Waals surface area contributed by atoms with Gasteiger partial charge in [-0.2, -0.15) is 11.3 Å². The fourth-order valence-electron chi connectivity index (χ4n) is 2.26. The number of pyridine rings is 1. The number of guanidine groups is 1. The first-order chi connectivity index (χ1) is 12.7. The Kier molecular flexibility index (Phi) is 8.46. The molecule has 0 aliphatic carbocycles. The number of hydrogen-bond donors (Lipinski definition) is 2. The van der Waals surface area contributed by atoms with Crippen LogP contribution in [0.1, 0.15) is 11.1 Å². The molecule has 0 amide bonds. The highest BCUT2D eigenvalue weighted by atomic mass is 127. The van der Waals surface area contributed by atoms with E-state index in [4.69, 9.17) is 4.74 Å². The number of nitrogens with zero attached hydrogens (tertiary/aromatic N) is 2. The van der Waals surface area contributed by atoms with E-state index < -0.39 is 5.82 Å². The summed E-state index contributed by atoms with van der Waals surface area (Å²) in [4.78, 5) is 8.12. The number of benzene rings is 1. The molecule has 1 aromatic carbocycles. The van der Waals surface area contributed by atoms with Crippen molar-refractivity contribution in [2.75, 3.05) is 7.05 Å². The molecule has 0 fully saturated rings. The number of nitrogens with one attached hydrogen (secondary N) is 2. The fourth-order valence-corrected chi connectivity index (χ4v) is 2.93. The lowest BCUT2D eigenvalue weighted by atomic mass is 10.2. The minimum absolute atomic E-state index is 0. The molecule has 0 aliphatic heterocycles. The summed E-state index contributed by atoms with van der Waals surface area (Å²) in [5.74, 6) is 0.902. The van der Waals surface area contributed by atoms with Crippen LogP contribution in [0.3, 0.4) is 0 Å². The van der Waals surface area contributed by atoms with Crippen molar-refractivity contribution in [1.29, 1.82) is 0 Å². The van der Waals surface area contributed by atoms with Crippen LogP contribution >= 0.6 is 35.3 Å². The van der Waals surface area contributed by atoms with E-state index in [-0.39, 0.29) is 29.7 Å². The van der Waals surface area contributed by atoms with Crippen LogP contribution in [-0.2, 0) is 13.1 Å². The van der Waals surface area contributed by atoms with Gasteiger partial charge in [0.1, 0.15) is 5.75 Å². The third-order valence-corrected chi connectivity index (χ3v) is 4.31. The van der Waals surface area contributed by atoms with Gasteiger partial charge in [-0.3, -0.25) is 9.98 Å². The Morgan fingerprint density at radius 2 is 2.00 bits per heavy atom. The standard InChI is InChI=1S/C19H19FN4OS.HI/c1-21-19(24-11-15-6-8-26-13-15)23-10-14-4-5-18(17(20)9-14)25-16-3-2-7-22-12-16;/h2-9,12-13H,10-11H2,1H3,(H2,21,23,24);1H. The lowest BCUT2D eigenvalue weighted by Crippen LogP contribution is -2.36. The van der Waals surface area contributed by atoms with Crippen molar-refractivity contribution in [1.82, 2.24) is 15.6 Å². The van der Waals surface area contributed by atoms with Crippen molar-refractivity contribution in [2.24, 2.45) is 4.99 Å². The summed E-state index contributed by atoms with van der Waals surface area (Å²) >= 11 is 1.65. The highest BCUT2D eigenvalue weighted by Crippen LogP contribution is 2.24. The predicted molar refractivity (Wildman–Crippen MR) is 117 cm³/mol. The Morgan fingerprint density at radius 1 is 1.19 bits per heavy atom. The van der Waals surface area contributed by atoms with Crippen LogP contribution < -0.4 is 15.4 Å². The van der Waals surface area contributed by atoms with Gasteiger partial charge in [0.05, 0.1) is 6.20 Å². The van der Waals surface area contributed by atoms with E-state index in [2.05, 4.69) is 32.1 Å². The summed E-state index contributed by atoms with van der Waals surface area (Å²) in [6, 6.07) is 10.4. The zero-order valence-corrected chi connectivity index (χ0v) is 17.8. The number of aliphatic imine (C=N–C) groups is 1. The molecule has 27 heavy (non-hydrogen) atoms. The summed E-state index contributed by atoms with van der Waals surface area (Å²) < 4.78 is 19.8. The zero-order valence-electron chi connectivity index (χ0n) is 14.7. The van der Waals surface area contributed by atoms with Crippen molar-refractivity contribution in [3.05, 3.63) is 76.5 Å². The molecule has 0 spiro atoms. The van der Waals surface area contributed by atoms with Crippen molar-refractivity contribution in [3.8, 4) is 11.5 Å². The highest BCUT2D eigenvalue weighted by molar-refractivity contribution is 14.0. The molecule has 0 unspecified atom stereocenters. The summed E-state index contributed by atoms with van der Waals surface area (Å²) in [5, 5.41) is 10.5. The maximum Gasteiger partial charge on any atom is 0.191 e. The van der Waals surface area contributed by atoms with Gasteiger partial charge in [-0.25, -0.2) is 4.39 Å². The molecule has 0 radical (unpaired) electrons. The summed E-state index contributed by atoms with van der Waals surface area (Å²) in [7, 11) is 1.70. The van der Waals surface area contributed by atoms with E-state index in [1.54, 1.807) is 42.8 Å². The minimum atomic E-state index is -0.422. The van der Waals surface area contributed by atoms with Crippen LogP contribution in [0.4, 0.5) is 4.39 Å². The average Bonchev–Trinajstić information content (AvgIpc) is 3.18. The zero-order chi connectivity index (χ0) is 18.2. The van der Waals surface area contributed by atoms with Crippen LogP contribution in [0.2, 0.25) is 0 Å². The fraction of sp³-hybridized carbons (Fsp3) is 0.158. The van der Waals surface area contributed by atoms with Gasteiger partial charge in [0.25, 0.3) is 0 Å². The molecule has 5 nitrogen and oxygen atoms in total. The highest BCUT2D eigenvalue weighted by Gasteiger charge is 2.07. The normalized spacial score (nSPS) is 10.8. The second-order valence-corrected chi connectivity index (χ2v) is 6.25. The quantitative estimate of drug-likeness (QED) is 0.297. The molecule has 2 aromatic heterocycles. The van der Waals surface area contributed by atoms with Crippen LogP contribution in [0.25, 0.3) is 0 Å². The molecule has 3 rings (SSSR count). The van der Waals surface area contributed by atoms with Crippen molar-refractivity contribution < 1.29 is 9.13 Å². The lowest BCUT2D eigenvalue weighted by molar-refractivity contribution is 0.440. The van der Waals surface area contributed by atoms with Gasteiger partial charge in [-0.05, 0) is 52.2 Å². The second-order valence-electron chi connectivity index (χ2n) is 5.47. The molecular formula is C19H20FIN4OS. The number of rotatable bonds is 6. The molecule has 3 aromatic rings. The Balaban J connectivity index is 0.00000261. The Hall–Kier alpha value is -2.20. The molecule has 8 heteroatoms. The molecular weight excluding hydrogens is 478 g/mol. The van der Waals surface area contributed by atoms with Crippen LogP contribution in [0.15, 0.2) is 64.5 Å². The number of aromatic nitrogens is 1. The maximum absolute atomic E-state index is 14.3. The Morgan fingerprint density at radius 3 is 2.63 bits per heavy atom. The summed E-state index contributed by atoms with van der Waals surface area (Å²) in [6.07, 6.45) is 3.18. The van der Waals surface area contributed by atoms with Gasteiger partial charge in [0, 0.05) is 26.3 Å². The van der Waals surface area contributed by atoms with Crippen LogP contribution in [0.5, 0.6) is 11.5 Å². The average molecular weight is 498 g/mol. The summed E-state index contributed by atoms with van der Waals surface area (Å²) in [6.45, 7) is 1.14. The minimum Gasteiger partial charge on any atom is -0.453 e. The third-order valence-electron chi connectivity index (χ3n) is 3.58. The molecule has 0 bridgehead atoms. The van der Waals surface area contributed by atoms with E-state index in [9.17, 15) is 4.39 Å². The Bertz CT molecular complexity index is 859. The van der Waals surface area contributed by atoms with Crippen LogP contribution in [-0.4, -0.2) is 18.0 Å². The number of ether oxygens (including phenoxy) is 1. The topological polar surface area (TPSA) is 58.5 Å². The smallest absolute Gasteiger partial charge is 0.191 e. The van der Waals surface area contributed by atoms with Gasteiger partial charge in [0.2, 0.25) is 0 Å². The first-order valence-electron chi connectivity index (χ1n) is 8.06. The van der Waals surface area contributed by atoms with E-state index in [0.717, 1.165) is 5.56 Å². The predicted octanol–water partition coefficient (Wildman–Crippen LogP) is 4.56. The molecule has 0 saturated heterocycles. The van der Waals surface area contributed by atoms with E-state index in [1.165, 1.54) is 17.8 Å². The first kappa shape index (κ1) is 21.1. The van der Waals surface area contributed by atoms with Gasteiger partial charge in [-0.1, -0.05) is 6.07 Å². The van der Waals surface area contributed by atoms with Crippen molar-refractivity contribution in [2.45, 2.75) is 13.1 Å². The van der Waals surface area contributed by atoms with Gasteiger partial charge < -0.3 is 15.4 Å². The Labute approximate surface area is 178 Å². The molecule has 142 valence electrons. The number of thiophene rings is 1. The number of halogens is 2. The molecule has 0 atom stereocenters.